The summed E-state index contributed by atoms with van der Waals surface area (Å²) >= 11 is 12.3. The third kappa shape index (κ3) is 4.11. The van der Waals surface area contributed by atoms with E-state index < -0.39 is 17.7 Å². The van der Waals surface area contributed by atoms with Crippen LogP contribution in [0, 0.1) is 6.92 Å². The average molecular weight is 498 g/mol. The molecule has 0 aliphatic carbocycles. The van der Waals surface area contributed by atoms with Crippen LogP contribution in [0.4, 0.5) is 5.69 Å². The lowest BCUT2D eigenvalue weighted by atomic mass is 9.94. The van der Waals surface area contributed by atoms with E-state index in [1.54, 1.807) is 60.7 Å². The zero-order chi connectivity index (χ0) is 24.6. The molecule has 1 unspecified atom stereocenters. The van der Waals surface area contributed by atoms with Gasteiger partial charge in [0.15, 0.2) is 11.5 Å². The number of methoxy groups -OCH3 is 2. The lowest BCUT2D eigenvalue weighted by Gasteiger charge is -2.26. The van der Waals surface area contributed by atoms with Crippen LogP contribution in [0.25, 0.3) is 5.76 Å². The van der Waals surface area contributed by atoms with Crippen molar-refractivity contribution in [1.29, 1.82) is 0 Å². The van der Waals surface area contributed by atoms with Crippen molar-refractivity contribution >= 4 is 46.3 Å². The van der Waals surface area contributed by atoms with Gasteiger partial charge in [-0.2, -0.15) is 0 Å². The molecule has 8 heteroatoms. The van der Waals surface area contributed by atoms with Gasteiger partial charge in [0.1, 0.15) is 5.76 Å². The van der Waals surface area contributed by atoms with E-state index >= 15 is 0 Å². The Morgan fingerprint density at radius 2 is 1.59 bits per heavy atom. The van der Waals surface area contributed by atoms with Gasteiger partial charge in [0.2, 0.25) is 0 Å². The van der Waals surface area contributed by atoms with E-state index in [1.807, 2.05) is 6.92 Å². The number of rotatable bonds is 5. The van der Waals surface area contributed by atoms with Gasteiger partial charge in [-0.3, -0.25) is 14.5 Å². The number of carbonyl (C=O) groups is 2. The van der Waals surface area contributed by atoms with E-state index in [0.717, 1.165) is 5.56 Å². The predicted octanol–water partition coefficient (Wildman–Crippen LogP) is 5.95. The molecule has 1 aliphatic rings. The minimum atomic E-state index is -0.936. The molecule has 0 saturated carbocycles. The number of halogens is 2. The number of aliphatic hydroxyl groups is 1. The molecule has 4 rings (SSSR count). The number of carbonyl (C=O) groups excluding carboxylic acids is 2. The van der Waals surface area contributed by atoms with Crippen LogP contribution in [-0.4, -0.2) is 31.0 Å². The number of benzene rings is 3. The third-order valence-electron chi connectivity index (χ3n) is 5.72. The highest BCUT2D eigenvalue weighted by molar-refractivity contribution is 6.51. The summed E-state index contributed by atoms with van der Waals surface area (Å²) in [5, 5.41) is 12.1. The van der Waals surface area contributed by atoms with Gasteiger partial charge in [-0.15, -0.1) is 0 Å². The quantitative estimate of drug-likeness (QED) is 0.268. The van der Waals surface area contributed by atoms with E-state index in [1.165, 1.54) is 19.1 Å². The van der Waals surface area contributed by atoms with Crippen molar-refractivity contribution in [2.45, 2.75) is 13.0 Å². The van der Waals surface area contributed by atoms with E-state index in [2.05, 4.69) is 0 Å². The second kappa shape index (κ2) is 9.41. The molecule has 1 aliphatic heterocycles. The van der Waals surface area contributed by atoms with Gasteiger partial charge in [0, 0.05) is 21.3 Å². The van der Waals surface area contributed by atoms with E-state index in [-0.39, 0.29) is 11.3 Å². The second-order valence-corrected chi connectivity index (χ2v) is 8.57. The molecule has 1 amide bonds. The lowest BCUT2D eigenvalue weighted by molar-refractivity contribution is -0.132. The Morgan fingerprint density at radius 3 is 2.21 bits per heavy atom. The Bertz CT molecular complexity index is 1320. The molecule has 0 aromatic heterocycles. The number of aryl methyl sites for hydroxylation is 1. The number of aliphatic hydroxyl groups excluding tert-OH is 1. The molecule has 0 bridgehead atoms. The minimum Gasteiger partial charge on any atom is -0.507 e. The Balaban J connectivity index is 1.97. The van der Waals surface area contributed by atoms with Gasteiger partial charge >= 0.3 is 0 Å². The number of ether oxygens (including phenoxy) is 2. The standard InChI is InChI=1S/C26H21Cl2NO5/c1-14-4-10-18(13-19(14)28)29-23(16-7-11-20(33-2)21(12-16)34-3)22(25(31)26(29)32)24(30)15-5-8-17(27)9-6-15/h4-13,23,30H,1-3H3/b24-22+. The van der Waals surface area contributed by atoms with Crippen LogP contribution in [0.1, 0.15) is 22.7 Å². The smallest absolute Gasteiger partial charge is 0.300 e. The Kier molecular flexibility index (Phi) is 6.55. The number of ketones is 1. The molecule has 174 valence electrons. The summed E-state index contributed by atoms with van der Waals surface area (Å²) < 4.78 is 10.8. The number of anilines is 1. The topological polar surface area (TPSA) is 76.1 Å². The molecular weight excluding hydrogens is 477 g/mol. The van der Waals surface area contributed by atoms with Crippen LogP contribution in [0.15, 0.2) is 66.2 Å². The van der Waals surface area contributed by atoms with E-state index in [9.17, 15) is 14.7 Å². The summed E-state index contributed by atoms with van der Waals surface area (Å²) in [5.41, 5.74) is 2.09. The van der Waals surface area contributed by atoms with Crippen molar-refractivity contribution in [2.24, 2.45) is 0 Å². The molecule has 1 fully saturated rings. The van der Waals surface area contributed by atoms with Crippen LogP contribution >= 0.6 is 23.2 Å². The maximum absolute atomic E-state index is 13.3. The minimum absolute atomic E-state index is 0.0590. The molecule has 1 saturated heterocycles. The van der Waals surface area contributed by atoms with Gasteiger partial charge in [-0.25, -0.2) is 0 Å². The molecular formula is C26H21Cl2NO5. The van der Waals surface area contributed by atoms with E-state index in [0.29, 0.717) is 38.4 Å². The van der Waals surface area contributed by atoms with Crippen LogP contribution < -0.4 is 14.4 Å². The lowest BCUT2D eigenvalue weighted by Crippen LogP contribution is -2.29. The molecule has 0 spiro atoms. The van der Waals surface area contributed by atoms with Crippen molar-refractivity contribution in [1.82, 2.24) is 0 Å². The van der Waals surface area contributed by atoms with Crippen molar-refractivity contribution < 1.29 is 24.2 Å². The highest BCUT2D eigenvalue weighted by atomic mass is 35.5. The first-order valence-electron chi connectivity index (χ1n) is 10.3. The molecule has 0 radical (unpaired) electrons. The summed E-state index contributed by atoms with van der Waals surface area (Å²) in [6, 6.07) is 15.6. The normalized spacial score (nSPS) is 17.2. The first kappa shape index (κ1) is 23.7. The number of nitrogens with zero attached hydrogens (tertiary/aromatic N) is 1. The van der Waals surface area contributed by atoms with Gasteiger partial charge in [0.05, 0.1) is 25.8 Å². The van der Waals surface area contributed by atoms with Crippen molar-refractivity contribution in [3.05, 3.63) is 93.0 Å². The van der Waals surface area contributed by atoms with Gasteiger partial charge in [0.25, 0.3) is 11.7 Å². The monoisotopic (exact) mass is 497 g/mol. The summed E-state index contributed by atoms with van der Waals surface area (Å²) in [7, 11) is 3.00. The third-order valence-corrected chi connectivity index (χ3v) is 6.38. The van der Waals surface area contributed by atoms with Crippen LogP contribution in [-0.2, 0) is 9.59 Å². The highest BCUT2D eigenvalue weighted by Crippen LogP contribution is 2.44. The first-order chi connectivity index (χ1) is 16.3. The SMILES string of the molecule is COc1ccc(C2/C(=C(\O)c3ccc(Cl)cc3)C(=O)C(=O)N2c2ccc(C)c(Cl)c2)cc1OC. The van der Waals surface area contributed by atoms with E-state index in [4.69, 9.17) is 32.7 Å². The fraction of sp³-hybridized carbons (Fsp3) is 0.154. The summed E-state index contributed by atoms with van der Waals surface area (Å²) in [4.78, 5) is 27.9. The number of amides is 1. The molecule has 6 nitrogen and oxygen atoms in total. The first-order valence-corrected chi connectivity index (χ1v) is 11.1. The Morgan fingerprint density at radius 1 is 0.912 bits per heavy atom. The van der Waals surface area contributed by atoms with Gasteiger partial charge in [-0.05, 0) is 66.6 Å². The van der Waals surface area contributed by atoms with Crippen LogP contribution in [0.3, 0.4) is 0 Å². The predicted molar refractivity (Wildman–Crippen MR) is 132 cm³/mol. The van der Waals surface area contributed by atoms with Gasteiger partial charge < -0.3 is 14.6 Å². The largest absolute Gasteiger partial charge is 0.507 e. The molecule has 1 heterocycles. The van der Waals surface area contributed by atoms with Crippen molar-refractivity contribution in [3.63, 3.8) is 0 Å². The second-order valence-electron chi connectivity index (χ2n) is 7.72. The summed E-state index contributed by atoms with van der Waals surface area (Å²) in [6.45, 7) is 1.84. The van der Waals surface area contributed by atoms with Gasteiger partial charge in [-0.1, -0.05) is 35.3 Å². The Labute approximate surface area is 206 Å². The summed E-state index contributed by atoms with van der Waals surface area (Å²) in [5.74, 6) is -1.01. The number of hydrogen-bond acceptors (Lipinski definition) is 5. The molecule has 1 atom stereocenters. The summed E-state index contributed by atoms with van der Waals surface area (Å²) in [6.07, 6.45) is 0. The zero-order valence-corrected chi connectivity index (χ0v) is 20.1. The fourth-order valence-electron chi connectivity index (χ4n) is 3.93. The Hall–Kier alpha value is -3.48. The molecule has 3 aromatic carbocycles. The van der Waals surface area contributed by atoms with Crippen LogP contribution in [0.2, 0.25) is 10.0 Å². The van der Waals surface area contributed by atoms with Crippen molar-refractivity contribution in [3.8, 4) is 11.5 Å². The molecule has 34 heavy (non-hydrogen) atoms. The highest BCUT2D eigenvalue weighted by Gasteiger charge is 2.47. The van der Waals surface area contributed by atoms with Crippen LogP contribution in [0.5, 0.6) is 11.5 Å². The fourth-order valence-corrected chi connectivity index (χ4v) is 4.23. The average Bonchev–Trinajstić information content (AvgIpc) is 3.10. The van der Waals surface area contributed by atoms with Crippen molar-refractivity contribution in [2.75, 3.05) is 19.1 Å². The number of hydrogen-bond donors (Lipinski definition) is 1. The maximum atomic E-state index is 13.3. The molecule has 1 N–H and O–H groups in total. The zero-order valence-electron chi connectivity index (χ0n) is 18.6. The maximum Gasteiger partial charge on any atom is 0.300 e. The number of Topliss-reactive ketones (excluding diaryl/α,β-unsaturated/α-hetero) is 1. The molecule has 3 aromatic rings.